The number of carbonyl (C=O) groups is 1. The van der Waals surface area contributed by atoms with E-state index in [1.165, 1.54) is 19.3 Å². The summed E-state index contributed by atoms with van der Waals surface area (Å²) in [6.07, 6.45) is 4.70. The highest BCUT2D eigenvalue weighted by Gasteiger charge is 2.27. The molecule has 2 atom stereocenters. The van der Waals surface area contributed by atoms with E-state index in [1.807, 2.05) is 0 Å². The molecule has 2 aliphatic rings. The number of nitrogens with zero attached hydrogens (tertiary/aromatic N) is 1. The van der Waals surface area contributed by atoms with E-state index >= 15 is 0 Å². The van der Waals surface area contributed by atoms with E-state index in [0.29, 0.717) is 23.0 Å². The Bertz CT molecular complexity index is 545. The smallest absolute Gasteiger partial charge is 0.251 e. The first-order valence-corrected chi connectivity index (χ1v) is 7.99. The van der Waals surface area contributed by atoms with Gasteiger partial charge in [-0.1, -0.05) is 12.8 Å². The van der Waals surface area contributed by atoms with Crippen molar-refractivity contribution in [1.82, 2.24) is 10.2 Å². The molecule has 1 amide bonds. The first-order valence-electron chi connectivity index (χ1n) is 7.99. The summed E-state index contributed by atoms with van der Waals surface area (Å²) < 4.78 is 10.6. The molecule has 5 heteroatoms. The summed E-state index contributed by atoms with van der Waals surface area (Å²) in [5, 5.41) is 3.22. The van der Waals surface area contributed by atoms with Crippen molar-refractivity contribution in [3.05, 3.63) is 23.8 Å². The van der Waals surface area contributed by atoms with Gasteiger partial charge >= 0.3 is 0 Å². The summed E-state index contributed by atoms with van der Waals surface area (Å²) in [6.45, 7) is 1.25. The number of ether oxygens (including phenoxy) is 2. The van der Waals surface area contributed by atoms with E-state index in [2.05, 4.69) is 24.3 Å². The molecule has 120 valence electrons. The molecule has 5 nitrogen and oxygen atoms in total. The summed E-state index contributed by atoms with van der Waals surface area (Å²) >= 11 is 0. The quantitative estimate of drug-likeness (QED) is 0.927. The normalized spacial score (nSPS) is 23.6. The second-order valence-electron chi connectivity index (χ2n) is 6.45. The van der Waals surface area contributed by atoms with Crippen molar-refractivity contribution >= 4 is 5.91 Å². The lowest BCUT2D eigenvalue weighted by atomic mass is 9.84. The molecule has 1 fully saturated rings. The molecule has 2 unspecified atom stereocenters. The number of hydrogen-bond donors (Lipinski definition) is 1. The molecule has 3 rings (SSSR count). The van der Waals surface area contributed by atoms with Crippen LogP contribution in [0.1, 0.15) is 36.0 Å². The number of carbonyl (C=O) groups excluding carboxylic acids is 1. The van der Waals surface area contributed by atoms with Crippen molar-refractivity contribution in [3.8, 4) is 11.5 Å². The third kappa shape index (κ3) is 3.35. The van der Waals surface area contributed by atoms with Crippen LogP contribution < -0.4 is 14.8 Å². The topological polar surface area (TPSA) is 50.8 Å². The fraction of sp³-hybridized carbons (Fsp3) is 0.588. The largest absolute Gasteiger partial charge is 0.454 e. The molecule has 1 saturated carbocycles. The molecule has 0 bridgehead atoms. The maximum Gasteiger partial charge on any atom is 0.251 e. The summed E-state index contributed by atoms with van der Waals surface area (Å²) in [5.41, 5.74) is 0.637. The average Bonchev–Trinajstić information content (AvgIpc) is 2.96. The van der Waals surface area contributed by atoms with Crippen molar-refractivity contribution < 1.29 is 14.3 Å². The Morgan fingerprint density at radius 3 is 2.82 bits per heavy atom. The van der Waals surface area contributed by atoms with Crippen LogP contribution in [0.2, 0.25) is 0 Å². The number of amides is 1. The summed E-state index contributed by atoms with van der Waals surface area (Å²) in [4.78, 5) is 14.7. The van der Waals surface area contributed by atoms with Crippen molar-refractivity contribution in [2.75, 3.05) is 27.4 Å². The Hall–Kier alpha value is -1.75. The van der Waals surface area contributed by atoms with E-state index in [4.69, 9.17) is 9.47 Å². The van der Waals surface area contributed by atoms with Crippen molar-refractivity contribution in [2.24, 2.45) is 5.92 Å². The molecule has 0 saturated heterocycles. The van der Waals surface area contributed by atoms with E-state index < -0.39 is 0 Å². The highest BCUT2D eigenvalue weighted by molar-refractivity contribution is 5.95. The molecule has 1 aliphatic carbocycles. The lowest BCUT2D eigenvalue weighted by molar-refractivity contribution is 0.0895. The van der Waals surface area contributed by atoms with E-state index in [9.17, 15) is 4.79 Å². The highest BCUT2D eigenvalue weighted by atomic mass is 16.7. The molecular weight excluding hydrogens is 280 g/mol. The Morgan fingerprint density at radius 2 is 2.00 bits per heavy atom. The summed E-state index contributed by atoms with van der Waals surface area (Å²) in [6, 6.07) is 5.62. The van der Waals surface area contributed by atoms with E-state index in [1.54, 1.807) is 18.2 Å². The average molecular weight is 304 g/mol. The Kier molecular flexibility index (Phi) is 4.52. The zero-order chi connectivity index (χ0) is 15.5. The molecular formula is C17H24N2O3. The minimum atomic E-state index is -0.0195. The van der Waals surface area contributed by atoms with Gasteiger partial charge in [0.15, 0.2) is 11.5 Å². The van der Waals surface area contributed by atoms with Gasteiger partial charge in [-0.3, -0.25) is 4.79 Å². The van der Waals surface area contributed by atoms with Crippen LogP contribution >= 0.6 is 0 Å². The summed E-state index contributed by atoms with van der Waals surface area (Å²) in [7, 11) is 4.18. The molecule has 0 aromatic heterocycles. The van der Waals surface area contributed by atoms with Crippen LogP contribution in [-0.4, -0.2) is 44.3 Å². The van der Waals surface area contributed by atoms with Gasteiger partial charge in [-0.2, -0.15) is 0 Å². The van der Waals surface area contributed by atoms with Crippen LogP contribution in [0.25, 0.3) is 0 Å². The van der Waals surface area contributed by atoms with Gasteiger partial charge in [0, 0.05) is 18.2 Å². The van der Waals surface area contributed by atoms with Crippen LogP contribution in [0, 0.1) is 5.92 Å². The van der Waals surface area contributed by atoms with Gasteiger partial charge in [0.05, 0.1) is 0 Å². The van der Waals surface area contributed by atoms with Crippen molar-refractivity contribution in [2.45, 2.75) is 31.7 Å². The number of fused-ring (bicyclic) bond motifs is 1. The fourth-order valence-corrected chi connectivity index (χ4v) is 3.37. The first kappa shape index (κ1) is 15.2. The van der Waals surface area contributed by atoms with Gasteiger partial charge in [0.2, 0.25) is 6.79 Å². The Labute approximate surface area is 131 Å². The van der Waals surface area contributed by atoms with Gasteiger partial charge in [0.1, 0.15) is 0 Å². The Morgan fingerprint density at radius 1 is 1.23 bits per heavy atom. The maximum absolute atomic E-state index is 12.5. The predicted octanol–water partition coefficient (Wildman–Crippen LogP) is 2.27. The van der Waals surface area contributed by atoms with Crippen LogP contribution in [-0.2, 0) is 0 Å². The molecule has 0 spiro atoms. The van der Waals surface area contributed by atoms with E-state index in [-0.39, 0.29) is 18.7 Å². The van der Waals surface area contributed by atoms with Gasteiger partial charge in [-0.05, 0) is 51.1 Å². The van der Waals surface area contributed by atoms with Crippen LogP contribution in [0.15, 0.2) is 18.2 Å². The minimum absolute atomic E-state index is 0.0195. The van der Waals surface area contributed by atoms with Crippen LogP contribution in [0.5, 0.6) is 11.5 Å². The molecule has 0 radical (unpaired) electrons. The molecule has 1 N–H and O–H groups in total. The first-order chi connectivity index (χ1) is 10.6. The fourth-order valence-electron chi connectivity index (χ4n) is 3.37. The molecule has 1 heterocycles. The number of hydrogen-bond acceptors (Lipinski definition) is 4. The third-order valence-electron chi connectivity index (χ3n) is 4.46. The van der Waals surface area contributed by atoms with Crippen molar-refractivity contribution in [3.63, 3.8) is 0 Å². The summed E-state index contributed by atoms with van der Waals surface area (Å²) in [5.74, 6) is 1.87. The maximum atomic E-state index is 12.5. The minimum Gasteiger partial charge on any atom is -0.454 e. The second kappa shape index (κ2) is 6.57. The van der Waals surface area contributed by atoms with Gasteiger partial charge in [-0.15, -0.1) is 0 Å². The molecule has 22 heavy (non-hydrogen) atoms. The number of nitrogens with one attached hydrogen (secondary N) is 1. The lowest BCUT2D eigenvalue weighted by Crippen LogP contribution is -2.45. The second-order valence-corrected chi connectivity index (χ2v) is 6.45. The zero-order valence-electron chi connectivity index (χ0n) is 13.3. The molecule has 1 aromatic carbocycles. The SMILES string of the molecule is CN(C)CC1CCCCC1NC(=O)c1ccc2c(c1)OCO2. The van der Waals surface area contributed by atoms with Gasteiger partial charge < -0.3 is 19.7 Å². The van der Waals surface area contributed by atoms with Gasteiger partial charge in [-0.25, -0.2) is 0 Å². The Balaban J connectivity index is 1.67. The lowest BCUT2D eigenvalue weighted by Gasteiger charge is -2.34. The monoisotopic (exact) mass is 304 g/mol. The van der Waals surface area contributed by atoms with Crippen LogP contribution in [0.3, 0.4) is 0 Å². The van der Waals surface area contributed by atoms with Crippen LogP contribution in [0.4, 0.5) is 0 Å². The standard InChI is InChI=1S/C17H24N2O3/c1-19(2)10-13-5-3-4-6-14(13)18-17(20)12-7-8-15-16(9-12)22-11-21-15/h7-9,13-14H,3-6,10-11H2,1-2H3,(H,18,20). The zero-order valence-corrected chi connectivity index (χ0v) is 13.3. The molecule has 1 aliphatic heterocycles. The van der Waals surface area contributed by atoms with Crippen molar-refractivity contribution in [1.29, 1.82) is 0 Å². The predicted molar refractivity (Wildman–Crippen MR) is 84.3 cm³/mol. The highest BCUT2D eigenvalue weighted by Crippen LogP contribution is 2.32. The number of benzene rings is 1. The van der Waals surface area contributed by atoms with Gasteiger partial charge in [0.25, 0.3) is 5.91 Å². The third-order valence-corrected chi connectivity index (χ3v) is 4.46. The van der Waals surface area contributed by atoms with E-state index in [0.717, 1.165) is 13.0 Å². The number of rotatable bonds is 4. The molecule has 1 aromatic rings.